The van der Waals surface area contributed by atoms with Gasteiger partial charge in [0.05, 0.1) is 15.8 Å². The van der Waals surface area contributed by atoms with Crippen molar-refractivity contribution in [2.75, 3.05) is 0 Å². The summed E-state index contributed by atoms with van der Waals surface area (Å²) in [5.41, 5.74) is -0.313. The molecule has 0 unspecified atom stereocenters. The standard InChI is InChI=1S/C22H15N3O6/c26-21-16-8-4-5-9-18(16)23-20(24-21)13-30-22(27)17-12-14(25(28)29)10-11-19(17)31-15-6-2-1-3-7-15/h1-12H,13H2,(H,23,24,26). The first-order chi connectivity index (χ1) is 15.0. The van der Waals surface area contributed by atoms with Crippen LogP contribution in [0.3, 0.4) is 0 Å². The van der Waals surface area contributed by atoms with Gasteiger partial charge in [-0.05, 0) is 30.3 Å². The van der Waals surface area contributed by atoms with Crippen LogP contribution in [0.4, 0.5) is 5.69 Å². The molecule has 0 amide bonds. The maximum atomic E-state index is 12.7. The van der Waals surface area contributed by atoms with Crippen LogP contribution < -0.4 is 10.3 Å². The Morgan fingerprint density at radius 1 is 1.03 bits per heavy atom. The molecule has 0 atom stereocenters. The predicted octanol–water partition coefficient (Wildman–Crippen LogP) is 3.98. The molecule has 31 heavy (non-hydrogen) atoms. The van der Waals surface area contributed by atoms with Gasteiger partial charge in [-0.2, -0.15) is 0 Å². The van der Waals surface area contributed by atoms with E-state index in [4.69, 9.17) is 9.47 Å². The molecule has 1 aromatic heterocycles. The van der Waals surface area contributed by atoms with Gasteiger partial charge in [0.15, 0.2) is 0 Å². The quantitative estimate of drug-likeness (QED) is 0.286. The summed E-state index contributed by atoms with van der Waals surface area (Å²) in [6, 6.07) is 19.1. The summed E-state index contributed by atoms with van der Waals surface area (Å²) >= 11 is 0. The van der Waals surface area contributed by atoms with Crippen LogP contribution in [-0.4, -0.2) is 20.9 Å². The van der Waals surface area contributed by atoms with Crippen LogP contribution in [0.5, 0.6) is 11.5 Å². The highest BCUT2D eigenvalue weighted by atomic mass is 16.6. The summed E-state index contributed by atoms with van der Waals surface area (Å²) in [6.07, 6.45) is 0. The van der Waals surface area contributed by atoms with E-state index in [1.165, 1.54) is 12.1 Å². The third-order valence-corrected chi connectivity index (χ3v) is 4.37. The van der Waals surface area contributed by atoms with Gasteiger partial charge in [-0.25, -0.2) is 9.78 Å². The Morgan fingerprint density at radius 2 is 1.77 bits per heavy atom. The van der Waals surface area contributed by atoms with E-state index < -0.39 is 10.9 Å². The number of hydrogen-bond acceptors (Lipinski definition) is 7. The average molecular weight is 417 g/mol. The molecule has 9 nitrogen and oxygen atoms in total. The van der Waals surface area contributed by atoms with Crippen LogP contribution in [0.15, 0.2) is 77.6 Å². The molecule has 0 radical (unpaired) electrons. The first-order valence-corrected chi connectivity index (χ1v) is 9.17. The number of fused-ring (bicyclic) bond motifs is 1. The highest BCUT2D eigenvalue weighted by Crippen LogP contribution is 2.29. The number of esters is 1. The average Bonchev–Trinajstić information content (AvgIpc) is 2.78. The van der Waals surface area contributed by atoms with Crippen LogP contribution >= 0.6 is 0 Å². The second kappa shape index (κ2) is 8.46. The van der Waals surface area contributed by atoms with Crippen molar-refractivity contribution in [2.24, 2.45) is 0 Å². The second-order valence-electron chi connectivity index (χ2n) is 6.46. The van der Waals surface area contributed by atoms with Crippen molar-refractivity contribution in [1.82, 2.24) is 9.97 Å². The molecule has 4 rings (SSSR count). The highest BCUT2D eigenvalue weighted by molar-refractivity contribution is 5.93. The summed E-state index contributed by atoms with van der Waals surface area (Å²) in [6.45, 7) is -0.327. The summed E-state index contributed by atoms with van der Waals surface area (Å²) in [5, 5.41) is 11.6. The Hall–Kier alpha value is -4.53. The Balaban J connectivity index is 1.60. The number of benzene rings is 3. The molecule has 0 saturated carbocycles. The number of nitrogens with one attached hydrogen (secondary N) is 1. The first-order valence-electron chi connectivity index (χ1n) is 9.17. The minimum absolute atomic E-state index is 0.0989. The van der Waals surface area contributed by atoms with E-state index in [0.29, 0.717) is 16.7 Å². The van der Waals surface area contributed by atoms with Crippen LogP contribution in [0.25, 0.3) is 10.9 Å². The zero-order chi connectivity index (χ0) is 21.8. The van der Waals surface area contributed by atoms with Crippen molar-refractivity contribution in [1.29, 1.82) is 0 Å². The number of carbonyl (C=O) groups excluding carboxylic acids is 1. The van der Waals surface area contributed by atoms with Gasteiger partial charge in [0.25, 0.3) is 11.2 Å². The van der Waals surface area contributed by atoms with Gasteiger partial charge in [0.1, 0.15) is 29.5 Å². The van der Waals surface area contributed by atoms with E-state index >= 15 is 0 Å². The molecule has 0 aliphatic heterocycles. The lowest BCUT2D eigenvalue weighted by atomic mass is 10.1. The van der Waals surface area contributed by atoms with E-state index in [9.17, 15) is 19.7 Å². The van der Waals surface area contributed by atoms with Crippen molar-refractivity contribution in [3.05, 3.63) is 105 Å². The van der Waals surface area contributed by atoms with Gasteiger partial charge in [-0.15, -0.1) is 0 Å². The maximum Gasteiger partial charge on any atom is 0.342 e. The lowest BCUT2D eigenvalue weighted by molar-refractivity contribution is -0.384. The molecule has 0 aliphatic carbocycles. The number of aromatic amines is 1. The van der Waals surface area contributed by atoms with E-state index in [2.05, 4.69) is 9.97 Å². The smallest absolute Gasteiger partial charge is 0.342 e. The van der Waals surface area contributed by atoms with Gasteiger partial charge < -0.3 is 14.5 Å². The molecule has 3 aromatic carbocycles. The van der Waals surface area contributed by atoms with Crippen molar-refractivity contribution >= 4 is 22.6 Å². The number of nitro groups is 1. The van der Waals surface area contributed by atoms with E-state index in [0.717, 1.165) is 6.07 Å². The monoisotopic (exact) mass is 417 g/mol. The number of ether oxygens (including phenoxy) is 2. The second-order valence-corrected chi connectivity index (χ2v) is 6.46. The molecule has 1 heterocycles. The largest absolute Gasteiger partial charge is 0.456 e. The number of carbonyl (C=O) groups is 1. The highest BCUT2D eigenvalue weighted by Gasteiger charge is 2.20. The molecule has 0 saturated heterocycles. The van der Waals surface area contributed by atoms with Crippen LogP contribution in [0.1, 0.15) is 16.2 Å². The third-order valence-electron chi connectivity index (χ3n) is 4.37. The normalized spacial score (nSPS) is 10.6. The third kappa shape index (κ3) is 4.40. The lowest BCUT2D eigenvalue weighted by Crippen LogP contribution is -2.15. The van der Waals surface area contributed by atoms with E-state index in [1.807, 2.05) is 0 Å². The summed E-state index contributed by atoms with van der Waals surface area (Å²) in [4.78, 5) is 42.2. The molecule has 154 valence electrons. The van der Waals surface area contributed by atoms with Crippen molar-refractivity contribution in [2.45, 2.75) is 6.61 Å². The fraction of sp³-hybridized carbons (Fsp3) is 0.0455. The zero-order valence-corrected chi connectivity index (χ0v) is 16.0. The SMILES string of the molecule is O=C(OCc1nc2ccccc2c(=O)[nH]1)c1cc([N+](=O)[O-])ccc1Oc1ccccc1. The van der Waals surface area contributed by atoms with Crippen molar-refractivity contribution in [3.8, 4) is 11.5 Å². The number of hydrogen-bond donors (Lipinski definition) is 1. The molecule has 0 spiro atoms. The molecule has 9 heteroatoms. The molecular formula is C22H15N3O6. The van der Waals surface area contributed by atoms with Gasteiger partial charge in [-0.3, -0.25) is 14.9 Å². The molecule has 0 bridgehead atoms. The Bertz CT molecular complexity index is 1330. The molecule has 1 N–H and O–H groups in total. The number of H-pyrrole nitrogens is 1. The number of aromatic nitrogens is 2. The molecule has 4 aromatic rings. The first kappa shape index (κ1) is 19.8. The van der Waals surface area contributed by atoms with Gasteiger partial charge in [0.2, 0.25) is 0 Å². The molecule has 0 aliphatic rings. The van der Waals surface area contributed by atoms with Crippen LogP contribution in [0, 0.1) is 10.1 Å². The molecular weight excluding hydrogens is 402 g/mol. The number of para-hydroxylation sites is 2. The van der Waals surface area contributed by atoms with E-state index in [1.54, 1.807) is 54.6 Å². The van der Waals surface area contributed by atoms with Gasteiger partial charge in [0, 0.05) is 12.1 Å². The van der Waals surface area contributed by atoms with Gasteiger partial charge >= 0.3 is 5.97 Å². The molecule has 0 fully saturated rings. The Morgan fingerprint density at radius 3 is 2.55 bits per heavy atom. The topological polar surface area (TPSA) is 124 Å². The van der Waals surface area contributed by atoms with E-state index in [-0.39, 0.29) is 35.0 Å². The minimum Gasteiger partial charge on any atom is -0.456 e. The number of non-ortho nitro benzene ring substituents is 1. The fourth-order valence-corrected chi connectivity index (χ4v) is 2.91. The Labute approximate surface area is 175 Å². The van der Waals surface area contributed by atoms with Crippen LogP contribution in [0.2, 0.25) is 0 Å². The number of rotatable bonds is 6. The van der Waals surface area contributed by atoms with Crippen LogP contribution in [-0.2, 0) is 11.3 Å². The summed E-state index contributed by atoms with van der Waals surface area (Å²) in [5.74, 6) is -0.161. The van der Waals surface area contributed by atoms with Crippen molar-refractivity contribution < 1.29 is 19.2 Å². The Kier molecular flexibility index (Phi) is 5.39. The number of nitro benzene ring substituents is 1. The zero-order valence-electron chi connectivity index (χ0n) is 16.0. The number of nitrogens with zero attached hydrogens (tertiary/aromatic N) is 2. The lowest BCUT2D eigenvalue weighted by Gasteiger charge is -2.11. The maximum absolute atomic E-state index is 12.7. The summed E-state index contributed by atoms with van der Waals surface area (Å²) < 4.78 is 11.0. The predicted molar refractivity (Wildman–Crippen MR) is 111 cm³/mol. The van der Waals surface area contributed by atoms with Crippen molar-refractivity contribution in [3.63, 3.8) is 0 Å². The fourth-order valence-electron chi connectivity index (χ4n) is 2.91. The summed E-state index contributed by atoms with van der Waals surface area (Å²) in [7, 11) is 0. The van der Waals surface area contributed by atoms with Gasteiger partial charge in [-0.1, -0.05) is 30.3 Å². The minimum atomic E-state index is -0.856.